The molecule has 1 aliphatic rings. The van der Waals surface area contributed by atoms with Crippen LogP contribution in [0.1, 0.15) is 13.3 Å². The minimum absolute atomic E-state index is 0.373. The second-order valence-corrected chi connectivity index (χ2v) is 6.00. The van der Waals surface area contributed by atoms with Gasteiger partial charge in [0.25, 0.3) is 0 Å². The molecule has 29 heavy (non-hydrogen) atoms. The van der Waals surface area contributed by atoms with Gasteiger partial charge in [-0.3, -0.25) is 0 Å². The van der Waals surface area contributed by atoms with E-state index in [4.69, 9.17) is 0 Å². The van der Waals surface area contributed by atoms with Crippen molar-refractivity contribution in [3.05, 3.63) is 0 Å². The zero-order valence-electron chi connectivity index (χ0n) is 14.0. The van der Waals surface area contributed by atoms with Gasteiger partial charge in [0.15, 0.2) is 6.29 Å². The fourth-order valence-corrected chi connectivity index (χ4v) is 2.49. The van der Waals surface area contributed by atoms with E-state index in [2.05, 4.69) is 9.47 Å². The highest BCUT2D eigenvalue weighted by Crippen LogP contribution is 2.62. The summed E-state index contributed by atoms with van der Waals surface area (Å²) in [5.41, 5.74) is 0. The number of hydrogen-bond acceptors (Lipinski definition) is 3. The average Bonchev–Trinajstić information content (AvgIpc) is 2.55. The van der Waals surface area contributed by atoms with Crippen molar-refractivity contribution in [1.29, 1.82) is 0 Å². The van der Waals surface area contributed by atoms with Crippen molar-refractivity contribution in [3.8, 4) is 0 Å². The highest BCUT2D eigenvalue weighted by atomic mass is 19.4. The second-order valence-electron chi connectivity index (χ2n) is 6.00. The van der Waals surface area contributed by atoms with Gasteiger partial charge >= 0.3 is 35.8 Å². The van der Waals surface area contributed by atoms with Crippen molar-refractivity contribution >= 4 is 0 Å². The number of halogens is 13. The van der Waals surface area contributed by atoms with Crippen LogP contribution in [-0.4, -0.2) is 66.5 Å². The molecule has 1 heterocycles. The summed E-state index contributed by atoms with van der Waals surface area (Å²) in [5.74, 6) is -40.8. The first kappa shape index (κ1) is 26.0. The van der Waals surface area contributed by atoms with E-state index in [1.54, 1.807) is 0 Å². The summed E-state index contributed by atoms with van der Waals surface area (Å²) in [5, 5.41) is 9.59. The summed E-state index contributed by atoms with van der Waals surface area (Å²) in [6.07, 6.45) is -13.7. The van der Waals surface area contributed by atoms with E-state index in [0.717, 1.165) is 0 Å². The Kier molecular flexibility index (Phi) is 6.80. The Morgan fingerprint density at radius 3 is 1.66 bits per heavy atom. The summed E-state index contributed by atoms with van der Waals surface area (Å²) in [6.45, 7) is -0.0957. The van der Waals surface area contributed by atoms with Gasteiger partial charge in [0.1, 0.15) is 6.10 Å². The van der Waals surface area contributed by atoms with Crippen LogP contribution in [-0.2, 0) is 9.47 Å². The maximum absolute atomic E-state index is 14.1. The molecule has 0 bridgehead atoms. The SMILES string of the molecule is CCOC1OCCC(C(F)(F)C(F)(F)C(F)(F)C(F)(F)C(F)(F)C(F)(F)F)C1O. The summed E-state index contributed by atoms with van der Waals surface area (Å²) in [6, 6.07) is 0. The third kappa shape index (κ3) is 3.75. The third-order valence-corrected chi connectivity index (χ3v) is 4.16. The number of ether oxygens (including phenoxy) is 2. The smallest absolute Gasteiger partial charge is 0.387 e. The Morgan fingerprint density at radius 1 is 0.793 bits per heavy atom. The van der Waals surface area contributed by atoms with Gasteiger partial charge in [0.05, 0.1) is 12.5 Å². The molecule has 3 nitrogen and oxygen atoms in total. The number of alkyl halides is 13. The number of hydrogen-bond donors (Lipinski definition) is 1. The Hall–Kier alpha value is -1.03. The first-order valence-corrected chi connectivity index (χ1v) is 7.58. The quantitative estimate of drug-likeness (QED) is 0.565. The molecular formula is C13H13F13O3. The lowest BCUT2D eigenvalue weighted by atomic mass is 9.82. The molecule has 0 aromatic heterocycles. The first-order chi connectivity index (χ1) is 12.7. The van der Waals surface area contributed by atoms with Crippen molar-refractivity contribution in [2.24, 2.45) is 5.92 Å². The standard InChI is InChI=1S/C13H13F13O3/c1-2-28-7-6(27)5(3-4-29-7)8(14,15)9(16,17)10(18,19)11(20,21)12(22,23)13(24,25)26/h5-7,27H,2-4H2,1H3. The molecular weight excluding hydrogens is 451 g/mol. The van der Waals surface area contributed by atoms with Crippen LogP contribution < -0.4 is 0 Å². The molecule has 16 heteroatoms. The summed E-state index contributed by atoms with van der Waals surface area (Å²) in [4.78, 5) is 0. The molecule has 0 aromatic carbocycles. The molecule has 0 amide bonds. The molecule has 1 saturated heterocycles. The summed E-state index contributed by atoms with van der Waals surface area (Å²) < 4.78 is 180. The van der Waals surface area contributed by atoms with E-state index >= 15 is 0 Å². The van der Waals surface area contributed by atoms with Crippen LogP contribution in [0.5, 0.6) is 0 Å². The van der Waals surface area contributed by atoms with Gasteiger partial charge in [-0.05, 0) is 13.3 Å². The lowest BCUT2D eigenvalue weighted by molar-refractivity contribution is -0.446. The normalized spacial score (nSPS) is 26.0. The zero-order chi connectivity index (χ0) is 23.3. The van der Waals surface area contributed by atoms with Gasteiger partial charge in [-0.2, -0.15) is 57.1 Å². The maximum Gasteiger partial charge on any atom is 0.460 e. The molecule has 0 aliphatic carbocycles. The number of aliphatic hydroxyl groups excluding tert-OH is 1. The second kappa shape index (κ2) is 7.59. The van der Waals surface area contributed by atoms with Crippen LogP contribution >= 0.6 is 0 Å². The molecule has 0 saturated carbocycles. The molecule has 1 fully saturated rings. The molecule has 1 N–H and O–H groups in total. The minimum Gasteiger partial charge on any atom is -0.387 e. The lowest BCUT2D eigenvalue weighted by Gasteiger charge is -2.44. The molecule has 0 aromatic rings. The predicted molar refractivity (Wildman–Crippen MR) is 66.3 cm³/mol. The molecule has 174 valence electrons. The molecule has 0 spiro atoms. The summed E-state index contributed by atoms with van der Waals surface area (Å²) >= 11 is 0. The largest absolute Gasteiger partial charge is 0.460 e. The fraction of sp³-hybridized carbons (Fsp3) is 1.00. The summed E-state index contributed by atoms with van der Waals surface area (Å²) in [7, 11) is 0. The van der Waals surface area contributed by atoms with E-state index in [-0.39, 0.29) is 6.61 Å². The third-order valence-electron chi connectivity index (χ3n) is 4.16. The fourth-order valence-electron chi connectivity index (χ4n) is 2.49. The van der Waals surface area contributed by atoms with Crippen LogP contribution in [0, 0.1) is 5.92 Å². The highest BCUT2D eigenvalue weighted by molar-refractivity contribution is 5.12. The van der Waals surface area contributed by atoms with E-state index in [1.165, 1.54) is 6.92 Å². The van der Waals surface area contributed by atoms with Gasteiger partial charge in [0, 0.05) is 6.61 Å². The Labute approximate surface area is 153 Å². The van der Waals surface area contributed by atoms with Crippen LogP contribution in [0.4, 0.5) is 57.1 Å². The van der Waals surface area contributed by atoms with Crippen molar-refractivity contribution < 1.29 is 71.7 Å². The van der Waals surface area contributed by atoms with Gasteiger partial charge < -0.3 is 14.6 Å². The monoisotopic (exact) mass is 464 g/mol. The van der Waals surface area contributed by atoms with E-state index in [0.29, 0.717) is 0 Å². The number of rotatable bonds is 7. The Bertz CT molecular complexity index is 573. The maximum atomic E-state index is 14.1. The predicted octanol–water partition coefficient (Wildman–Crippen LogP) is 4.49. The van der Waals surface area contributed by atoms with Crippen molar-refractivity contribution in [3.63, 3.8) is 0 Å². The van der Waals surface area contributed by atoms with Gasteiger partial charge in [-0.25, -0.2) is 0 Å². The Balaban J connectivity index is 3.42. The molecule has 1 rings (SSSR count). The van der Waals surface area contributed by atoms with Gasteiger partial charge in [-0.1, -0.05) is 0 Å². The molecule has 1 aliphatic heterocycles. The van der Waals surface area contributed by atoms with E-state index < -0.39 is 67.1 Å². The molecule has 3 atom stereocenters. The van der Waals surface area contributed by atoms with E-state index in [1.807, 2.05) is 0 Å². The molecule has 0 radical (unpaired) electrons. The van der Waals surface area contributed by atoms with Gasteiger partial charge in [0.2, 0.25) is 0 Å². The minimum atomic E-state index is -7.97. The zero-order valence-corrected chi connectivity index (χ0v) is 14.0. The highest BCUT2D eigenvalue weighted by Gasteiger charge is 2.91. The first-order valence-electron chi connectivity index (χ1n) is 7.58. The van der Waals surface area contributed by atoms with Crippen LogP contribution in [0.2, 0.25) is 0 Å². The average molecular weight is 464 g/mol. The topological polar surface area (TPSA) is 38.7 Å². The van der Waals surface area contributed by atoms with E-state index in [9.17, 15) is 62.2 Å². The number of aliphatic hydroxyl groups is 1. The Morgan fingerprint density at radius 2 is 1.24 bits per heavy atom. The van der Waals surface area contributed by atoms with Crippen LogP contribution in [0.25, 0.3) is 0 Å². The lowest BCUT2D eigenvalue weighted by Crippen LogP contribution is -2.72. The molecule has 3 unspecified atom stereocenters. The van der Waals surface area contributed by atoms with Crippen molar-refractivity contribution in [1.82, 2.24) is 0 Å². The van der Waals surface area contributed by atoms with Crippen molar-refractivity contribution in [2.75, 3.05) is 13.2 Å². The van der Waals surface area contributed by atoms with Crippen molar-refractivity contribution in [2.45, 2.75) is 61.5 Å². The van der Waals surface area contributed by atoms with Crippen LogP contribution in [0.15, 0.2) is 0 Å². The van der Waals surface area contributed by atoms with Gasteiger partial charge in [-0.15, -0.1) is 0 Å². The van der Waals surface area contributed by atoms with Crippen LogP contribution in [0.3, 0.4) is 0 Å².